The zero-order valence-electron chi connectivity index (χ0n) is 13.0. The lowest BCUT2D eigenvalue weighted by Gasteiger charge is -2.24. The van der Waals surface area contributed by atoms with Crippen molar-refractivity contribution in [3.63, 3.8) is 0 Å². The van der Waals surface area contributed by atoms with Crippen molar-refractivity contribution in [2.75, 3.05) is 33.2 Å². The smallest absolute Gasteiger partial charge is 0.410 e. The molecule has 0 fully saturated rings. The van der Waals surface area contributed by atoms with Crippen molar-refractivity contribution in [2.45, 2.75) is 40.2 Å². The Hall–Kier alpha value is -1.46. The number of hydrogen-bond acceptors (Lipinski definition) is 3. The largest absolute Gasteiger partial charge is 0.444 e. The molecule has 0 aromatic carbocycles. The van der Waals surface area contributed by atoms with Gasteiger partial charge in [0.05, 0.1) is 6.54 Å². The van der Waals surface area contributed by atoms with Crippen LogP contribution in [0.3, 0.4) is 0 Å². The molecule has 0 atom stereocenters. The molecule has 2 N–H and O–H groups in total. The number of amides is 1. The average molecular weight is 272 g/mol. The van der Waals surface area contributed by atoms with E-state index in [0.29, 0.717) is 13.1 Å². The lowest BCUT2D eigenvalue weighted by atomic mass is 10.2. The van der Waals surface area contributed by atoms with Crippen LogP contribution < -0.4 is 10.6 Å². The molecule has 1 amide bonds. The molecule has 0 saturated carbocycles. The van der Waals surface area contributed by atoms with Crippen LogP contribution in [0.2, 0.25) is 0 Å². The molecule has 0 unspecified atom stereocenters. The van der Waals surface area contributed by atoms with E-state index >= 15 is 0 Å². The van der Waals surface area contributed by atoms with Crippen molar-refractivity contribution in [1.29, 1.82) is 0 Å². The molecule has 0 saturated heterocycles. The van der Waals surface area contributed by atoms with Crippen molar-refractivity contribution in [3.05, 3.63) is 0 Å². The van der Waals surface area contributed by atoms with Gasteiger partial charge in [-0.15, -0.1) is 0 Å². The first kappa shape index (κ1) is 17.5. The van der Waals surface area contributed by atoms with E-state index < -0.39 is 5.60 Å². The highest BCUT2D eigenvalue weighted by atomic mass is 16.6. The van der Waals surface area contributed by atoms with Gasteiger partial charge in [-0.1, -0.05) is 0 Å². The van der Waals surface area contributed by atoms with E-state index in [1.54, 1.807) is 7.05 Å². The molecule has 0 aromatic rings. The number of carbonyl (C=O) groups is 1. The van der Waals surface area contributed by atoms with E-state index in [-0.39, 0.29) is 6.09 Å². The minimum Gasteiger partial charge on any atom is -0.444 e. The highest BCUT2D eigenvalue weighted by molar-refractivity contribution is 5.79. The van der Waals surface area contributed by atoms with Gasteiger partial charge in [-0.3, -0.25) is 4.99 Å². The number of rotatable bonds is 5. The summed E-state index contributed by atoms with van der Waals surface area (Å²) in [5.41, 5.74) is -0.465. The van der Waals surface area contributed by atoms with Crippen LogP contribution in [0.25, 0.3) is 0 Å². The summed E-state index contributed by atoms with van der Waals surface area (Å²) in [6.45, 7) is 12.3. The van der Waals surface area contributed by atoms with E-state index in [9.17, 15) is 4.79 Å². The van der Waals surface area contributed by atoms with Crippen LogP contribution in [0.5, 0.6) is 0 Å². The van der Waals surface area contributed by atoms with Gasteiger partial charge in [0, 0.05) is 26.7 Å². The van der Waals surface area contributed by atoms with Crippen molar-refractivity contribution < 1.29 is 9.53 Å². The fourth-order valence-corrected chi connectivity index (χ4v) is 1.25. The number of carbonyl (C=O) groups excluding carboxylic acids is 1. The Balaban J connectivity index is 4.16. The molecular formula is C13H28N4O2. The molecule has 0 spiro atoms. The molecule has 112 valence electrons. The molecule has 0 aliphatic rings. The molecule has 0 bridgehead atoms. The van der Waals surface area contributed by atoms with Gasteiger partial charge in [0.25, 0.3) is 0 Å². The van der Waals surface area contributed by atoms with Crippen LogP contribution in [-0.4, -0.2) is 55.8 Å². The van der Waals surface area contributed by atoms with Gasteiger partial charge in [0.15, 0.2) is 5.96 Å². The zero-order chi connectivity index (χ0) is 14.9. The summed E-state index contributed by atoms with van der Waals surface area (Å²) in [7, 11) is 1.71. The zero-order valence-corrected chi connectivity index (χ0v) is 13.0. The maximum Gasteiger partial charge on any atom is 0.410 e. The third-order valence-electron chi connectivity index (χ3n) is 2.10. The minimum absolute atomic E-state index is 0.323. The van der Waals surface area contributed by atoms with E-state index in [0.717, 1.165) is 19.0 Å². The van der Waals surface area contributed by atoms with Crippen LogP contribution in [0, 0.1) is 0 Å². The van der Waals surface area contributed by atoms with Crippen LogP contribution >= 0.6 is 0 Å². The van der Waals surface area contributed by atoms with Crippen LogP contribution in [0.15, 0.2) is 4.99 Å². The summed E-state index contributed by atoms with van der Waals surface area (Å²) in [5, 5.41) is 6.26. The number of likely N-dealkylation sites (N-methyl/N-ethyl adjacent to an activating group) is 1. The fourth-order valence-electron chi connectivity index (χ4n) is 1.25. The Bertz CT molecular complexity index is 290. The van der Waals surface area contributed by atoms with Gasteiger partial charge in [0.1, 0.15) is 5.60 Å². The molecule has 0 heterocycles. The van der Waals surface area contributed by atoms with Crippen LogP contribution in [-0.2, 0) is 4.74 Å². The number of ether oxygens (including phenoxy) is 1. The van der Waals surface area contributed by atoms with Crippen LogP contribution in [0.1, 0.15) is 34.6 Å². The summed E-state index contributed by atoms with van der Waals surface area (Å²) in [4.78, 5) is 17.6. The van der Waals surface area contributed by atoms with Crippen molar-refractivity contribution >= 4 is 12.1 Å². The van der Waals surface area contributed by atoms with Gasteiger partial charge in [-0.25, -0.2) is 4.79 Å². The Morgan fingerprint density at radius 3 is 2.16 bits per heavy atom. The van der Waals surface area contributed by atoms with E-state index in [1.165, 1.54) is 4.90 Å². The molecule has 0 aliphatic carbocycles. The number of aliphatic imine (C=N–C) groups is 1. The van der Waals surface area contributed by atoms with Crippen LogP contribution in [0.4, 0.5) is 4.79 Å². The summed E-state index contributed by atoms with van der Waals surface area (Å²) >= 11 is 0. The van der Waals surface area contributed by atoms with Crippen molar-refractivity contribution in [1.82, 2.24) is 15.5 Å². The number of hydrogen-bond donors (Lipinski definition) is 2. The highest BCUT2D eigenvalue weighted by Gasteiger charge is 2.18. The van der Waals surface area contributed by atoms with Gasteiger partial charge in [-0.05, 0) is 34.6 Å². The number of nitrogens with zero attached hydrogens (tertiary/aromatic N) is 2. The van der Waals surface area contributed by atoms with Crippen molar-refractivity contribution in [2.24, 2.45) is 4.99 Å². The Kier molecular flexibility index (Phi) is 7.95. The average Bonchev–Trinajstić information content (AvgIpc) is 2.27. The lowest BCUT2D eigenvalue weighted by molar-refractivity contribution is 0.0304. The number of nitrogens with one attached hydrogen (secondary N) is 2. The third kappa shape index (κ3) is 9.16. The van der Waals surface area contributed by atoms with Crippen molar-refractivity contribution in [3.8, 4) is 0 Å². The number of guanidine groups is 1. The van der Waals surface area contributed by atoms with E-state index in [4.69, 9.17) is 4.74 Å². The Labute approximate surface area is 116 Å². The SMILES string of the molecule is CCNC(=NCCN(C)C(=O)OC(C)(C)C)NCC. The van der Waals surface area contributed by atoms with Gasteiger partial charge < -0.3 is 20.3 Å². The summed E-state index contributed by atoms with van der Waals surface area (Å²) in [6, 6.07) is 0. The molecular weight excluding hydrogens is 244 g/mol. The second-order valence-electron chi connectivity index (χ2n) is 5.19. The van der Waals surface area contributed by atoms with Gasteiger partial charge in [-0.2, -0.15) is 0 Å². The van der Waals surface area contributed by atoms with E-state index in [1.807, 2.05) is 34.6 Å². The summed E-state index contributed by atoms with van der Waals surface area (Å²) < 4.78 is 5.26. The first-order valence-corrected chi connectivity index (χ1v) is 6.76. The van der Waals surface area contributed by atoms with Gasteiger partial charge >= 0.3 is 6.09 Å². The van der Waals surface area contributed by atoms with E-state index in [2.05, 4.69) is 15.6 Å². The molecule has 0 aromatic heterocycles. The molecule has 6 nitrogen and oxygen atoms in total. The Morgan fingerprint density at radius 1 is 1.21 bits per heavy atom. The third-order valence-corrected chi connectivity index (χ3v) is 2.10. The first-order chi connectivity index (χ1) is 8.80. The molecule has 0 rings (SSSR count). The lowest BCUT2D eigenvalue weighted by Crippen LogP contribution is -2.38. The normalized spacial score (nSPS) is 10.6. The maximum absolute atomic E-state index is 11.7. The quantitative estimate of drug-likeness (QED) is 0.587. The molecule has 6 heteroatoms. The second-order valence-corrected chi connectivity index (χ2v) is 5.19. The maximum atomic E-state index is 11.7. The Morgan fingerprint density at radius 2 is 1.74 bits per heavy atom. The summed E-state index contributed by atoms with van der Waals surface area (Å²) in [6.07, 6.45) is -0.323. The molecule has 0 radical (unpaired) electrons. The predicted molar refractivity (Wildman–Crippen MR) is 78.5 cm³/mol. The fraction of sp³-hybridized carbons (Fsp3) is 0.846. The topological polar surface area (TPSA) is 66.0 Å². The second kappa shape index (κ2) is 8.61. The van der Waals surface area contributed by atoms with Gasteiger partial charge in [0.2, 0.25) is 0 Å². The minimum atomic E-state index is -0.465. The first-order valence-electron chi connectivity index (χ1n) is 6.76. The molecule has 0 aliphatic heterocycles. The standard InChI is InChI=1S/C13H28N4O2/c1-7-14-11(15-8-2)16-9-10-17(6)12(18)19-13(3,4)5/h7-10H2,1-6H3,(H2,14,15,16). The highest BCUT2D eigenvalue weighted by Crippen LogP contribution is 2.08. The molecule has 19 heavy (non-hydrogen) atoms. The monoisotopic (exact) mass is 272 g/mol. The predicted octanol–water partition coefficient (Wildman–Crippen LogP) is 1.43. The summed E-state index contributed by atoms with van der Waals surface area (Å²) in [5.74, 6) is 0.766.